The average Bonchev–Trinajstić information content (AvgIpc) is 2.40. The van der Waals surface area contributed by atoms with Crippen LogP contribution in [-0.4, -0.2) is 43.4 Å². The number of benzene rings is 1. The van der Waals surface area contributed by atoms with Gasteiger partial charge in [-0.3, -0.25) is 4.79 Å². The monoisotopic (exact) mass is 250 g/mol. The molecule has 1 saturated heterocycles. The molecule has 0 spiro atoms. The molecule has 18 heavy (non-hydrogen) atoms. The Morgan fingerprint density at radius 1 is 1.44 bits per heavy atom. The van der Waals surface area contributed by atoms with Crippen LogP contribution in [0.3, 0.4) is 0 Å². The van der Waals surface area contributed by atoms with Crippen molar-refractivity contribution < 1.29 is 14.6 Å². The molecule has 0 bridgehead atoms. The first kappa shape index (κ1) is 12.9. The van der Waals surface area contributed by atoms with Crippen LogP contribution >= 0.6 is 0 Å². The standard InChI is InChI=1S/C13H18N2O3/c14-12(13(16)17)9-10-2-1-3-11(8-10)15-4-6-18-7-5-15/h1-3,8,12H,4-7,9,14H2,(H,16,17). The van der Waals surface area contributed by atoms with Crippen molar-refractivity contribution in [2.24, 2.45) is 5.73 Å². The Kier molecular flexibility index (Phi) is 4.17. The first-order chi connectivity index (χ1) is 8.66. The van der Waals surface area contributed by atoms with E-state index in [4.69, 9.17) is 15.6 Å². The van der Waals surface area contributed by atoms with Gasteiger partial charge in [0.1, 0.15) is 6.04 Å². The van der Waals surface area contributed by atoms with Crippen LogP contribution in [-0.2, 0) is 16.0 Å². The highest BCUT2D eigenvalue weighted by atomic mass is 16.5. The summed E-state index contributed by atoms with van der Waals surface area (Å²) in [6.07, 6.45) is 0.355. The Morgan fingerprint density at radius 3 is 2.83 bits per heavy atom. The minimum atomic E-state index is -0.966. The van der Waals surface area contributed by atoms with E-state index in [1.807, 2.05) is 24.3 Å². The van der Waals surface area contributed by atoms with Gasteiger partial charge in [-0.15, -0.1) is 0 Å². The van der Waals surface area contributed by atoms with Gasteiger partial charge in [0.05, 0.1) is 13.2 Å². The highest BCUT2D eigenvalue weighted by Gasteiger charge is 2.14. The largest absolute Gasteiger partial charge is 0.480 e. The molecule has 1 unspecified atom stereocenters. The third kappa shape index (κ3) is 3.21. The zero-order valence-electron chi connectivity index (χ0n) is 10.2. The molecule has 0 aliphatic carbocycles. The summed E-state index contributed by atoms with van der Waals surface area (Å²) in [5.41, 5.74) is 7.60. The zero-order valence-corrected chi connectivity index (χ0v) is 10.2. The van der Waals surface area contributed by atoms with Crippen LogP contribution in [0.25, 0.3) is 0 Å². The van der Waals surface area contributed by atoms with Crippen LogP contribution in [0.5, 0.6) is 0 Å². The van der Waals surface area contributed by atoms with Gasteiger partial charge < -0.3 is 20.5 Å². The molecule has 0 amide bonds. The van der Waals surface area contributed by atoms with E-state index in [2.05, 4.69) is 4.90 Å². The Hall–Kier alpha value is -1.59. The maximum absolute atomic E-state index is 10.7. The highest BCUT2D eigenvalue weighted by Crippen LogP contribution is 2.18. The van der Waals surface area contributed by atoms with Crippen molar-refractivity contribution in [1.82, 2.24) is 0 Å². The van der Waals surface area contributed by atoms with Crippen molar-refractivity contribution in [3.63, 3.8) is 0 Å². The number of morpholine rings is 1. The SMILES string of the molecule is NC(Cc1cccc(N2CCOCC2)c1)C(=O)O. The molecule has 98 valence electrons. The van der Waals surface area contributed by atoms with Crippen LogP contribution in [0.15, 0.2) is 24.3 Å². The second-order valence-electron chi connectivity index (χ2n) is 4.42. The van der Waals surface area contributed by atoms with Gasteiger partial charge in [0.2, 0.25) is 0 Å². The van der Waals surface area contributed by atoms with Gasteiger partial charge in [0.15, 0.2) is 0 Å². The summed E-state index contributed by atoms with van der Waals surface area (Å²) >= 11 is 0. The molecule has 1 aliphatic rings. The van der Waals surface area contributed by atoms with Gasteiger partial charge in [-0.25, -0.2) is 0 Å². The molecule has 0 radical (unpaired) electrons. The average molecular weight is 250 g/mol. The Labute approximate surface area is 106 Å². The van der Waals surface area contributed by atoms with Crippen LogP contribution in [0.4, 0.5) is 5.69 Å². The number of carboxylic acid groups (broad SMARTS) is 1. The predicted octanol–water partition coefficient (Wildman–Crippen LogP) is 0.478. The van der Waals surface area contributed by atoms with Gasteiger partial charge in [-0.1, -0.05) is 12.1 Å². The lowest BCUT2D eigenvalue weighted by atomic mass is 10.1. The fourth-order valence-electron chi connectivity index (χ4n) is 2.04. The molecule has 1 atom stereocenters. The van der Waals surface area contributed by atoms with Crippen molar-refractivity contribution in [2.75, 3.05) is 31.2 Å². The van der Waals surface area contributed by atoms with Gasteiger partial charge in [-0.05, 0) is 24.1 Å². The van der Waals surface area contributed by atoms with Gasteiger partial charge in [-0.2, -0.15) is 0 Å². The van der Waals surface area contributed by atoms with E-state index in [-0.39, 0.29) is 0 Å². The van der Waals surface area contributed by atoms with E-state index in [1.54, 1.807) is 0 Å². The lowest BCUT2D eigenvalue weighted by Crippen LogP contribution is -2.36. The van der Waals surface area contributed by atoms with Crippen molar-refractivity contribution >= 4 is 11.7 Å². The van der Waals surface area contributed by atoms with Crippen LogP contribution < -0.4 is 10.6 Å². The number of hydrogen-bond donors (Lipinski definition) is 2. The molecule has 5 nitrogen and oxygen atoms in total. The first-order valence-electron chi connectivity index (χ1n) is 6.07. The molecule has 0 saturated carbocycles. The fraction of sp³-hybridized carbons (Fsp3) is 0.462. The van der Waals surface area contributed by atoms with E-state index < -0.39 is 12.0 Å². The molecule has 1 aliphatic heterocycles. The number of nitrogens with zero attached hydrogens (tertiary/aromatic N) is 1. The van der Waals surface area contributed by atoms with Crippen LogP contribution in [0.1, 0.15) is 5.56 Å². The van der Waals surface area contributed by atoms with Gasteiger partial charge >= 0.3 is 5.97 Å². The summed E-state index contributed by atoms with van der Waals surface area (Å²) in [5, 5.41) is 8.81. The van der Waals surface area contributed by atoms with Crippen molar-refractivity contribution in [3.05, 3.63) is 29.8 Å². The van der Waals surface area contributed by atoms with E-state index >= 15 is 0 Å². The summed E-state index contributed by atoms with van der Waals surface area (Å²) < 4.78 is 5.31. The third-order valence-electron chi connectivity index (χ3n) is 3.06. The second kappa shape index (κ2) is 5.84. The summed E-state index contributed by atoms with van der Waals surface area (Å²) in [7, 11) is 0. The molecule has 1 aromatic carbocycles. The molecule has 2 rings (SSSR count). The van der Waals surface area contributed by atoms with E-state index in [0.29, 0.717) is 6.42 Å². The van der Waals surface area contributed by atoms with Crippen molar-refractivity contribution in [2.45, 2.75) is 12.5 Å². The number of ether oxygens (including phenoxy) is 1. The minimum Gasteiger partial charge on any atom is -0.480 e. The normalized spacial score (nSPS) is 17.5. The summed E-state index contributed by atoms with van der Waals surface area (Å²) in [6, 6.07) is 7.04. The Bertz CT molecular complexity index is 416. The number of rotatable bonds is 4. The van der Waals surface area contributed by atoms with E-state index in [9.17, 15) is 4.79 Å². The molecule has 0 aromatic heterocycles. The van der Waals surface area contributed by atoms with Crippen LogP contribution in [0.2, 0.25) is 0 Å². The third-order valence-corrected chi connectivity index (χ3v) is 3.06. The van der Waals surface area contributed by atoms with E-state index in [0.717, 1.165) is 37.6 Å². The summed E-state index contributed by atoms with van der Waals surface area (Å²) in [6.45, 7) is 3.21. The molecule has 1 aromatic rings. The molecule has 1 heterocycles. The molecule has 1 fully saturated rings. The number of hydrogen-bond acceptors (Lipinski definition) is 4. The molecule has 3 N–H and O–H groups in total. The van der Waals surface area contributed by atoms with Crippen molar-refractivity contribution in [1.29, 1.82) is 0 Å². The Balaban J connectivity index is 2.06. The fourth-order valence-corrected chi connectivity index (χ4v) is 2.04. The van der Waals surface area contributed by atoms with Gasteiger partial charge in [0.25, 0.3) is 0 Å². The van der Waals surface area contributed by atoms with Crippen LogP contribution in [0, 0.1) is 0 Å². The van der Waals surface area contributed by atoms with Crippen molar-refractivity contribution in [3.8, 4) is 0 Å². The smallest absolute Gasteiger partial charge is 0.320 e. The zero-order chi connectivity index (χ0) is 13.0. The lowest BCUT2D eigenvalue weighted by Gasteiger charge is -2.29. The number of carbonyl (C=O) groups is 1. The molecular formula is C13H18N2O3. The first-order valence-corrected chi connectivity index (χ1v) is 6.07. The number of aliphatic carboxylic acids is 1. The Morgan fingerprint density at radius 2 is 2.17 bits per heavy atom. The summed E-state index contributed by atoms with van der Waals surface area (Å²) in [4.78, 5) is 13.0. The summed E-state index contributed by atoms with van der Waals surface area (Å²) in [5.74, 6) is -0.966. The predicted molar refractivity (Wildman–Crippen MR) is 68.8 cm³/mol. The molecular weight excluding hydrogens is 232 g/mol. The number of anilines is 1. The number of carboxylic acids is 1. The topological polar surface area (TPSA) is 75.8 Å². The minimum absolute atomic E-state index is 0.355. The lowest BCUT2D eigenvalue weighted by molar-refractivity contribution is -0.138. The van der Waals surface area contributed by atoms with Gasteiger partial charge in [0, 0.05) is 18.8 Å². The maximum atomic E-state index is 10.7. The highest BCUT2D eigenvalue weighted by molar-refractivity contribution is 5.73. The second-order valence-corrected chi connectivity index (χ2v) is 4.42. The van der Waals surface area contributed by atoms with E-state index in [1.165, 1.54) is 0 Å². The molecule has 5 heteroatoms. The maximum Gasteiger partial charge on any atom is 0.320 e. The number of nitrogens with two attached hydrogens (primary N) is 1. The quantitative estimate of drug-likeness (QED) is 0.812.